The molecule has 0 amide bonds. The Hall–Kier alpha value is -2.10. The summed E-state index contributed by atoms with van der Waals surface area (Å²) in [7, 11) is -3.22. The molecule has 0 unspecified atom stereocenters. The van der Waals surface area contributed by atoms with Gasteiger partial charge < -0.3 is 13.5 Å². The molecule has 0 aromatic heterocycles. The fourth-order valence-electron chi connectivity index (χ4n) is 2.63. The summed E-state index contributed by atoms with van der Waals surface area (Å²) in [6, 6.07) is 23.8. The maximum absolute atomic E-state index is 10.1. The molecule has 0 saturated heterocycles. The van der Waals surface area contributed by atoms with Gasteiger partial charge in [-0.25, -0.2) is 8.42 Å². The van der Waals surface area contributed by atoms with Gasteiger partial charge in [-0.1, -0.05) is 43.7 Å². The van der Waals surface area contributed by atoms with E-state index in [0.29, 0.717) is 5.75 Å². The minimum atomic E-state index is -4.69. The molecule has 0 spiro atoms. The Labute approximate surface area is 195 Å². The third-order valence-corrected chi connectivity index (χ3v) is 7.12. The number of hydrogen-bond acceptors (Lipinski definition) is 5. The average Bonchev–Trinajstić information content (AvgIpc) is 2.71. The van der Waals surface area contributed by atoms with Gasteiger partial charge >= 0.3 is 21.2 Å². The van der Waals surface area contributed by atoms with Crippen LogP contribution in [0.4, 0.5) is 0 Å². The molecule has 0 bridgehead atoms. The van der Waals surface area contributed by atoms with E-state index in [0.717, 1.165) is 5.92 Å². The normalized spacial score (nSPS) is 10.9. The largest absolute Gasteiger partial charge is 0.716 e. The molecule has 3 aromatic carbocycles. The summed E-state index contributed by atoms with van der Waals surface area (Å²) in [5, 5.41) is 0. The zero-order chi connectivity index (χ0) is 22.9. The van der Waals surface area contributed by atoms with Gasteiger partial charge in [-0.2, -0.15) is 0 Å². The van der Waals surface area contributed by atoms with Crippen LogP contribution in [0.3, 0.4) is 0 Å². The highest BCUT2D eigenvalue weighted by Gasteiger charge is 2.14. The van der Waals surface area contributed by atoms with Crippen LogP contribution in [0, 0.1) is 20.0 Å². The van der Waals surface area contributed by atoms with Crippen LogP contribution < -0.4 is 30.1 Å². The van der Waals surface area contributed by atoms with E-state index in [1.54, 1.807) is 0 Å². The number of aryl methyl sites for hydroxylation is 1. The molecular formula is C24H27IO5S. The van der Waals surface area contributed by atoms with Crippen LogP contribution >= 0.6 is 0 Å². The number of hydrogen-bond donors (Lipinski definition) is 0. The Morgan fingerprint density at radius 3 is 1.77 bits per heavy atom. The molecule has 7 heteroatoms. The van der Waals surface area contributed by atoms with Crippen molar-refractivity contribution in [2.45, 2.75) is 27.2 Å². The van der Waals surface area contributed by atoms with Crippen LogP contribution in [0.2, 0.25) is 0 Å². The molecule has 0 aliphatic heterocycles. The smallest absolute Gasteiger partial charge is 0.357 e. The Balaban J connectivity index is 0.000000233. The van der Waals surface area contributed by atoms with Gasteiger partial charge in [0, 0.05) is 0 Å². The Morgan fingerprint density at radius 2 is 1.32 bits per heavy atom. The van der Waals surface area contributed by atoms with Crippen LogP contribution in [0.1, 0.15) is 25.0 Å². The lowest BCUT2D eigenvalue weighted by Gasteiger charge is -2.08. The van der Waals surface area contributed by atoms with Crippen LogP contribution in [0.15, 0.2) is 72.8 Å². The molecule has 0 aliphatic rings. The van der Waals surface area contributed by atoms with Crippen molar-refractivity contribution in [3.05, 3.63) is 91.1 Å². The van der Waals surface area contributed by atoms with Crippen molar-refractivity contribution >= 4 is 10.4 Å². The standard InChI is InChI=1S/C17H20I.C7H8O5S/c1-13(2)12-15-6-10-17(11-7-15)18-16-8-4-14(3)5-9-16;1-11-6-2-4-7(5-3-6)12-13(8,9)10/h4-11,13H,12H2,1-3H3;2-5H,1H3,(H,8,9,10)/q+1;/p-1. The molecule has 0 N–H and O–H groups in total. The first kappa shape index (κ1) is 25.2. The van der Waals surface area contributed by atoms with Crippen LogP contribution in [-0.2, 0) is 16.8 Å². The number of rotatable bonds is 7. The van der Waals surface area contributed by atoms with Gasteiger partial charge in [-0.15, -0.1) is 0 Å². The molecule has 3 rings (SSSR count). The lowest BCUT2D eigenvalue weighted by atomic mass is 10.0. The maximum Gasteiger partial charge on any atom is 0.357 e. The minimum Gasteiger partial charge on any atom is -0.716 e. The summed E-state index contributed by atoms with van der Waals surface area (Å²) in [4.78, 5) is 0. The Kier molecular flexibility index (Phi) is 9.80. The van der Waals surface area contributed by atoms with E-state index in [2.05, 4.69) is 73.5 Å². The van der Waals surface area contributed by atoms with E-state index in [1.165, 1.54) is 56.1 Å². The SMILES string of the molecule is COc1ccc(OS(=O)(=O)[O-])cc1.Cc1ccc([I+]c2ccc(CC(C)C)cc2)cc1. The molecule has 5 nitrogen and oxygen atoms in total. The zero-order valence-corrected chi connectivity index (χ0v) is 21.0. The fraction of sp³-hybridized carbons (Fsp3) is 0.250. The molecule has 0 radical (unpaired) electrons. The van der Waals surface area contributed by atoms with E-state index in [-0.39, 0.29) is 27.0 Å². The molecular weight excluding hydrogens is 527 g/mol. The first-order valence-corrected chi connectivity index (χ1v) is 13.2. The summed E-state index contributed by atoms with van der Waals surface area (Å²) >= 11 is -0.0179. The van der Waals surface area contributed by atoms with Gasteiger partial charge in [0.1, 0.15) is 11.5 Å². The second-order valence-corrected chi connectivity index (χ2v) is 11.3. The highest BCUT2D eigenvalue weighted by atomic mass is 127. The minimum absolute atomic E-state index is 0.0179. The molecule has 0 fully saturated rings. The maximum atomic E-state index is 10.1. The highest BCUT2D eigenvalue weighted by Crippen LogP contribution is 2.17. The van der Waals surface area contributed by atoms with Gasteiger partial charge in [-0.05, 0) is 73.4 Å². The molecule has 166 valence electrons. The van der Waals surface area contributed by atoms with Crippen molar-refractivity contribution in [2.75, 3.05) is 7.11 Å². The first-order valence-electron chi connectivity index (χ1n) is 9.74. The van der Waals surface area contributed by atoms with Crippen LogP contribution in [0.5, 0.6) is 11.5 Å². The summed E-state index contributed by atoms with van der Waals surface area (Å²) in [5.74, 6) is 1.26. The van der Waals surface area contributed by atoms with Crippen LogP contribution in [0.25, 0.3) is 0 Å². The Bertz CT molecular complexity index is 1030. The summed E-state index contributed by atoms with van der Waals surface area (Å²) in [6.45, 7) is 6.68. The van der Waals surface area contributed by atoms with Crippen molar-refractivity contribution in [2.24, 2.45) is 5.92 Å². The molecule has 0 saturated carbocycles. The number of methoxy groups -OCH3 is 1. The quantitative estimate of drug-likeness (QED) is 0.253. The van der Waals surface area contributed by atoms with Gasteiger partial charge in [0.05, 0.1) is 7.11 Å². The molecule has 3 aromatic rings. The van der Waals surface area contributed by atoms with Gasteiger partial charge in [0.2, 0.25) is 0 Å². The molecule has 31 heavy (non-hydrogen) atoms. The second-order valence-electron chi connectivity index (χ2n) is 7.28. The van der Waals surface area contributed by atoms with Crippen molar-refractivity contribution in [1.82, 2.24) is 0 Å². The number of benzene rings is 3. The molecule has 0 aliphatic carbocycles. The zero-order valence-electron chi connectivity index (χ0n) is 18.0. The van der Waals surface area contributed by atoms with E-state index in [4.69, 9.17) is 4.74 Å². The third kappa shape index (κ3) is 10.2. The summed E-state index contributed by atoms with van der Waals surface area (Å²) < 4.78 is 42.3. The molecule has 0 heterocycles. The lowest BCUT2D eigenvalue weighted by Crippen LogP contribution is -3.61. The molecule has 0 atom stereocenters. The predicted molar refractivity (Wildman–Crippen MR) is 117 cm³/mol. The fourth-order valence-corrected chi connectivity index (χ4v) is 5.13. The van der Waals surface area contributed by atoms with Crippen molar-refractivity contribution < 1.29 is 43.1 Å². The third-order valence-electron chi connectivity index (χ3n) is 4.04. The van der Waals surface area contributed by atoms with E-state index in [1.807, 2.05) is 0 Å². The van der Waals surface area contributed by atoms with Gasteiger partial charge in [0.25, 0.3) is 10.4 Å². The van der Waals surface area contributed by atoms with E-state index >= 15 is 0 Å². The van der Waals surface area contributed by atoms with Crippen molar-refractivity contribution in [3.8, 4) is 11.5 Å². The van der Waals surface area contributed by atoms with Crippen molar-refractivity contribution in [1.29, 1.82) is 0 Å². The predicted octanol–water partition coefficient (Wildman–Crippen LogP) is 1.86. The van der Waals surface area contributed by atoms with Crippen LogP contribution in [-0.4, -0.2) is 20.1 Å². The first-order chi connectivity index (χ1) is 14.6. The van der Waals surface area contributed by atoms with E-state index < -0.39 is 10.4 Å². The topological polar surface area (TPSA) is 75.7 Å². The number of halogens is 1. The lowest BCUT2D eigenvalue weighted by molar-refractivity contribution is -0.597. The highest BCUT2D eigenvalue weighted by molar-refractivity contribution is 7.81. The Morgan fingerprint density at radius 1 is 0.839 bits per heavy atom. The monoisotopic (exact) mass is 554 g/mol. The number of ether oxygens (including phenoxy) is 1. The summed E-state index contributed by atoms with van der Waals surface area (Å²) in [6.07, 6.45) is 1.18. The van der Waals surface area contributed by atoms with Crippen molar-refractivity contribution in [3.63, 3.8) is 0 Å². The van der Waals surface area contributed by atoms with Gasteiger partial charge in [0.15, 0.2) is 7.14 Å². The average molecular weight is 554 g/mol. The second kappa shape index (κ2) is 12.1. The summed E-state index contributed by atoms with van der Waals surface area (Å²) in [5.41, 5.74) is 2.80. The van der Waals surface area contributed by atoms with Gasteiger partial charge in [-0.3, -0.25) is 0 Å². The van der Waals surface area contributed by atoms with E-state index in [9.17, 15) is 13.0 Å².